The summed E-state index contributed by atoms with van der Waals surface area (Å²) in [5.41, 5.74) is 5.89. The molecule has 0 amide bonds. The van der Waals surface area contributed by atoms with E-state index in [4.69, 9.17) is 4.98 Å². The summed E-state index contributed by atoms with van der Waals surface area (Å²) >= 11 is 1.86. The van der Waals surface area contributed by atoms with E-state index in [9.17, 15) is 0 Å². The molecule has 0 saturated carbocycles. The minimum Gasteiger partial charge on any atom is -0.308 e. The van der Waals surface area contributed by atoms with Crippen LogP contribution in [0.2, 0.25) is 0 Å². The molecule has 0 saturated heterocycles. The maximum Gasteiger partial charge on any atom is 0.0977 e. The molecule has 27 heavy (non-hydrogen) atoms. The number of pyridine rings is 1. The van der Waals surface area contributed by atoms with Gasteiger partial charge in [-0.1, -0.05) is 36.4 Å². The van der Waals surface area contributed by atoms with Crippen LogP contribution in [0.5, 0.6) is 0 Å². The molecule has 0 aliphatic rings. The summed E-state index contributed by atoms with van der Waals surface area (Å²) in [6.45, 7) is 2.14. The minimum absolute atomic E-state index is 1.08. The van der Waals surface area contributed by atoms with Gasteiger partial charge in [0.25, 0.3) is 0 Å². The van der Waals surface area contributed by atoms with E-state index in [-0.39, 0.29) is 0 Å². The van der Waals surface area contributed by atoms with E-state index in [1.165, 1.54) is 42.3 Å². The number of benzene rings is 3. The molecule has 2 nitrogen and oxygen atoms in total. The Bertz CT molecular complexity index is 1490. The summed E-state index contributed by atoms with van der Waals surface area (Å²) in [4.78, 5) is 4.78. The topological polar surface area (TPSA) is 17.8 Å². The zero-order valence-electron chi connectivity index (χ0n) is 14.8. The Balaban J connectivity index is 1.87. The van der Waals surface area contributed by atoms with Crippen molar-refractivity contribution in [3.05, 3.63) is 84.6 Å². The van der Waals surface area contributed by atoms with Crippen LogP contribution in [0.25, 0.3) is 47.8 Å². The number of aryl methyl sites for hydroxylation is 1. The fourth-order valence-corrected chi connectivity index (χ4v) is 5.38. The van der Waals surface area contributed by atoms with E-state index < -0.39 is 0 Å². The van der Waals surface area contributed by atoms with Gasteiger partial charge in [-0.15, -0.1) is 11.3 Å². The number of hydrogen-bond donors (Lipinski definition) is 0. The van der Waals surface area contributed by atoms with Crippen LogP contribution in [0.4, 0.5) is 0 Å². The van der Waals surface area contributed by atoms with Gasteiger partial charge in [-0.3, -0.25) is 4.98 Å². The number of nitrogens with zero attached hydrogens (tertiary/aromatic N) is 2. The molecule has 128 valence electrons. The predicted molar refractivity (Wildman–Crippen MR) is 116 cm³/mol. The van der Waals surface area contributed by atoms with Gasteiger partial charge in [0.15, 0.2) is 0 Å². The Kier molecular flexibility index (Phi) is 3.00. The van der Waals surface area contributed by atoms with Crippen LogP contribution >= 0.6 is 11.3 Å². The van der Waals surface area contributed by atoms with E-state index >= 15 is 0 Å². The van der Waals surface area contributed by atoms with Crippen LogP contribution in [-0.4, -0.2) is 9.55 Å². The Morgan fingerprint density at radius 3 is 2.67 bits per heavy atom. The van der Waals surface area contributed by atoms with Gasteiger partial charge in [-0.2, -0.15) is 0 Å². The van der Waals surface area contributed by atoms with E-state index in [0.29, 0.717) is 0 Å². The van der Waals surface area contributed by atoms with Gasteiger partial charge in [0.1, 0.15) is 0 Å². The standard InChI is InChI=1S/C24H16N2S/c1-15-6-4-7-16(14-15)26-19-12-11-18-17-8-2-3-10-21(17)27-24(18)22(19)23-20(26)9-5-13-25-23/h2-14H,1H3. The highest BCUT2D eigenvalue weighted by Crippen LogP contribution is 2.42. The molecule has 3 aromatic heterocycles. The molecule has 3 aromatic carbocycles. The van der Waals surface area contributed by atoms with Crippen LogP contribution in [0.15, 0.2) is 79.0 Å². The second kappa shape index (κ2) is 5.41. The van der Waals surface area contributed by atoms with Crippen molar-refractivity contribution in [2.24, 2.45) is 0 Å². The van der Waals surface area contributed by atoms with Crippen molar-refractivity contribution in [1.82, 2.24) is 9.55 Å². The third-order valence-corrected chi connectivity index (χ3v) is 6.49. The van der Waals surface area contributed by atoms with Crippen molar-refractivity contribution in [2.45, 2.75) is 6.92 Å². The van der Waals surface area contributed by atoms with Crippen LogP contribution in [0, 0.1) is 6.92 Å². The molecule has 0 unspecified atom stereocenters. The van der Waals surface area contributed by atoms with Gasteiger partial charge in [0.05, 0.1) is 16.6 Å². The molecule has 0 aliphatic heterocycles. The van der Waals surface area contributed by atoms with Gasteiger partial charge >= 0.3 is 0 Å². The van der Waals surface area contributed by atoms with Crippen molar-refractivity contribution in [3.63, 3.8) is 0 Å². The maximum atomic E-state index is 4.78. The predicted octanol–water partition coefficient (Wildman–Crippen LogP) is 6.86. The summed E-state index contributed by atoms with van der Waals surface area (Å²) < 4.78 is 4.99. The van der Waals surface area contributed by atoms with Crippen LogP contribution in [0.3, 0.4) is 0 Å². The van der Waals surface area contributed by atoms with Crippen LogP contribution < -0.4 is 0 Å². The van der Waals surface area contributed by atoms with Crippen molar-refractivity contribution >= 4 is 53.4 Å². The smallest absolute Gasteiger partial charge is 0.0977 e. The summed E-state index contributed by atoms with van der Waals surface area (Å²) in [5.74, 6) is 0. The highest BCUT2D eigenvalue weighted by Gasteiger charge is 2.17. The van der Waals surface area contributed by atoms with E-state index in [1.807, 2.05) is 23.6 Å². The van der Waals surface area contributed by atoms with Crippen molar-refractivity contribution in [1.29, 1.82) is 0 Å². The summed E-state index contributed by atoms with van der Waals surface area (Å²) in [6, 6.07) is 26.0. The highest BCUT2D eigenvalue weighted by molar-refractivity contribution is 7.26. The molecule has 0 N–H and O–H groups in total. The summed E-state index contributed by atoms with van der Waals surface area (Å²) in [6.07, 6.45) is 1.90. The lowest BCUT2D eigenvalue weighted by Gasteiger charge is -2.08. The molecular formula is C24H16N2S. The van der Waals surface area contributed by atoms with E-state index in [0.717, 1.165) is 11.0 Å². The van der Waals surface area contributed by atoms with Gasteiger partial charge in [0, 0.05) is 37.4 Å². The average Bonchev–Trinajstić information content (AvgIpc) is 3.23. The minimum atomic E-state index is 1.08. The number of hydrogen-bond acceptors (Lipinski definition) is 2. The third-order valence-electron chi connectivity index (χ3n) is 5.29. The van der Waals surface area contributed by atoms with Crippen molar-refractivity contribution in [2.75, 3.05) is 0 Å². The van der Waals surface area contributed by atoms with E-state index in [1.54, 1.807) is 0 Å². The molecule has 6 rings (SSSR count). The molecule has 0 aliphatic carbocycles. The molecule has 0 spiro atoms. The van der Waals surface area contributed by atoms with Gasteiger partial charge in [-0.05, 0) is 48.9 Å². The molecule has 3 heterocycles. The average molecular weight is 364 g/mol. The largest absolute Gasteiger partial charge is 0.308 e. The first-order chi connectivity index (χ1) is 13.3. The number of fused-ring (bicyclic) bond motifs is 7. The molecule has 0 bridgehead atoms. The second-order valence-electron chi connectivity index (χ2n) is 6.98. The van der Waals surface area contributed by atoms with Gasteiger partial charge in [0.2, 0.25) is 0 Å². The number of thiophene rings is 1. The lowest BCUT2D eigenvalue weighted by Crippen LogP contribution is -1.94. The molecule has 0 fully saturated rings. The molecule has 0 atom stereocenters. The summed E-state index contributed by atoms with van der Waals surface area (Å²) in [5, 5.41) is 3.90. The summed E-state index contributed by atoms with van der Waals surface area (Å²) in [7, 11) is 0. The van der Waals surface area contributed by atoms with Crippen LogP contribution in [0.1, 0.15) is 5.56 Å². The van der Waals surface area contributed by atoms with Gasteiger partial charge < -0.3 is 4.57 Å². The fraction of sp³-hybridized carbons (Fsp3) is 0.0417. The monoisotopic (exact) mass is 364 g/mol. The lowest BCUT2D eigenvalue weighted by molar-refractivity contribution is 1.17. The second-order valence-corrected chi connectivity index (χ2v) is 8.03. The Morgan fingerprint density at radius 2 is 1.74 bits per heavy atom. The fourth-order valence-electron chi connectivity index (χ4n) is 4.14. The zero-order valence-corrected chi connectivity index (χ0v) is 15.6. The zero-order chi connectivity index (χ0) is 18.0. The Labute approximate surface area is 160 Å². The Morgan fingerprint density at radius 1 is 0.815 bits per heavy atom. The third kappa shape index (κ3) is 2.03. The van der Waals surface area contributed by atoms with Crippen molar-refractivity contribution < 1.29 is 0 Å². The highest BCUT2D eigenvalue weighted by atomic mass is 32.1. The molecule has 0 radical (unpaired) electrons. The first-order valence-corrected chi connectivity index (χ1v) is 9.89. The SMILES string of the molecule is Cc1cccc(-n2c3cccnc3c3c4sc5ccccc5c4ccc32)c1. The maximum absolute atomic E-state index is 4.78. The van der Waals surface area contributed by atoms with E-state index in [2.05, 4.69) is 78.2 Å². The number of rotatable bonds is 1. The quantitative estimate of drug-likeness (QED) is 0.312. The molecule has 3 heteroatoms. The molecule has 6 aromatic rings. The first kappa shape index (κ1) is 14.9. The molecular weight excluding hydrogens is 348 g/mol. The normalized spacial score (nSPS) is 11.9. The Hall–Kier alpha value is -3.17. The van der Waals surface area contributed by atoms with Crippen molar-refractivity contribution in [3.8, 4) is 5.69 Å². The number of aromatic nitrogens is 2. The first-order valence-electron chi connectivity index (χ1n) is 9.08. The van der Waals surface area contributed by atoms with Gasteiger partial charge in [-0.25, -0.2) is 0 Å². The lowest BCUT2D eigenvalue weighted by atomic mass is 10.1. The van der Waals surface area contributed by atoms with Crippen LogP contribution in [-0.2, 0) is 0 Å².